The summed E-state index contributed by atoms with van der Waals surface area (Å²) in [5.41, 5.74) is 2.72. The van der Waals surface area contributed by atoms with Crippen molar-refractivity contribution in [3.8, 4) is 0 Å². The minimum Gasteiger partial charge on any atom is -0.282 e. The second-order valence-corrected chi connectivity index (χ2v) is 9.60. The van der Waals surface area contributed by atoms with Crippen molar-refractivity contribution >= 4 is 43.0 Å². The summed E-state index contributed by atoms with van der Waals surface area (Å²) in [6, 6.07) is 14.2. The number of rotatable bonds is 6. The van der Waals surface area contributed by atoms with Gasteiger partial charge in [0.15, 0.2) is 0 Å². The first-order valence-corrected chi connectivity index (χ1v) is 11.9. The van der Waals surface area contributed by atoms with Gasteiger partial charge in [0.2, 0.25) is 0 Å². The third-order valence-corrected chi connectivity index (χ3v) is 6.01. The maximum atomic E-state index is 11.8. The molecule has 0 aliphatic rings. The highest BCUT2D eigenvalue weighted by Gasteiger charge is 2.17. The molecular formula is C20H18N4O6S2. The van der Waals surface area contributed by atoms with Gasteiger partial charge in [-0.3, -0.25) is 9.11 Å². The van der Waals surface area contributed by atoms with Crippen molar-refractivity contribution in [2.24, 2.45) is 20.5 Å². The Bertz CT molecular complexity index is 1430. The van der Waals surface area contributed by atoms with Crippen LogP contribution in [-0.4, -0.2) is 25.9 Å². The molecule has 2 N–H and O–H groups in total. The van der Waals surface area contributed by atoms with Crippen molar-refractivity contribution in [1.82, 2.24) is 0 Å². The van der Waals surface area contributed by atoms with Gasteiger partial charge in [0.1, 0.15) is 10.6 Å². The maximum absolute atomic E-state index is 11.8. The standard InChI is InChI=1S/C20H18N4O6S2/c1-13-3-9-18(14(2)11-13)23-24-19-10-6-16(12-20(19)32(28,29)30)22-21-15-4-7-17(8-5-15)31(25,26)27/h3-12H,1-2H3,(H,25,26,27)(H,28,29,30). The molecule has 0 spiro atoms. The van der Waals surface area contributed by atoms with Crippen LogP contribution in [0.4, 0.5) is 22.7 Å². The van der Waals surface area contributed by atoms with Gasteiger partial charge in [0.25, 0.3) is 20.2 Å². The van der Waals surface area contributed by atoms with E-state index < -0.39 is 25.1 Å². The average molecular weight is 475 g/mol. The minimum atomic E-state index is -4.63. The molecule has 3 aromatic carbocycles. The van der Waals surface area contributed by atoms with Gasteiger partial charge in [0.05, 0.1) is 22.0 Å². The highest BCUT2D eigenvalue weighted by atomic mass is 32.2. The molecule has 32 heavy (non-hydrogen) atoms. The molecule has 0 aliphatic carbocycles. The summed E-state index contributed by atoms with van der Waals surface area (Å²) in [5, 5.41) is 15.8. The Morgan fingerprint density at radius 2 is 1.19 bits per heavy atom. The first-order chi connectivity index (χ1) is 14.9. The molecule has 0 bridgehead atoms. The number of azo groups is 2. The molecular weight excluding hydrogens is 456 g/mol. The highest BCUT2D eigenvalue weighted by Crippen LogP contribution is 2.32. The molecule has 0 radical (unpaired) electrons. The van der Waals surface area contributed by atoms with E-state index in [-0.39, 0.29) is 22.0 Å². The van der Waals surface area contributed by atoms with Crippen LogP contribution in [0, 0.1) is 13.8 Å². The van der Waals surface area contributed by atoms with E-state index in [9.17, 15) is 21.4 Å². The van der Waals surface area contributed by atoms with Gasteiger partial charge in [-0.2, -0.15) is 32.2 Å². The summed E-state index contributed by atoms with van der Waals surface area (Å²) in [6.07, 6.45) is 0. The fourth-order valence-electron chi connectivity index (χ4n) is 2.68. The van der Waals surface area contributed by atoms with Crippen molar-refractivity contribution in [2.75, 3.05) is 0 Å². The molecule has 0 fully saturated rings. The van der Waals surface area contributed by atoms with Crippen molar-refractivity contribution in [1.29, 1.82) is 0 Å². The van der Waals surface area contributed by atoms with E-state index in [1.54, 1.807) is 6.07 Å². The smallest absolute Gasteiger partial charge is 0.282 e. The van der Waals surface area contributed by atoms with Gasteiger partial charge in [-0.1, -0.05) is 17.7 Å². The number of hydrogen-bond donors (Lipinski definition) is 2. The summed E-state index contributed by atoms with van der Waals surface area (Å²) >= 11 is 0. The number of nitrogens with zero attached hydrogens (tertiary/aromatic N) is 4. The highest BCUT2D eigenvalue weighted by molar-refractivity contribution is 7.86. The molecule has 3 aromatic rings. The molecule has 0 amide bonds. The molecule has 12 heteroatoms. The molecule has 10 nitrogen and oxygen atoms in total. The second kappa shape index (κ2) is 9.04. The molecule has 0 atom stereocenters. The zero-order valence-electron chi connectivity index (χ0n) is 16.9. The van der Waals surface area contributed by atoms with Crippen molar-refractivity contribution in [3.63, 3.8) is 0 Å². The van der Waals surface area contributed by atoms with Gasteiger partial charge < -0.3 is 0 Å². The minimum absolute atomic E-state index is 0.0797. The number of benzene rings is 3. The Hall–Kier alpha value is -3.32. The monoisotopic (exact) mass is 474 g/mol. The van der Waals surface area contributed by atoms with E-state index >= 15 is 0 Å². The third kappa shape index (κ3) is 5.88. The molecule has 0 aliphatic heterocycles. The van der Waals surface area contributed by atoms with E-state index in [2.05, 4.69) is 20.5 Å². The Kier molecular flexibility index (Phi) is 6.60. The Morgan fingerprint density at radius 3 is 1.78 bits per heavy atom. The molecule has 3 rings (SSSR count). The van der Waals surface area contributed by atoms with Gasteiger partial charge >= 0.3 is 0 Å². The van der Waals surface area contributed by atoms with Crippen molar-refractivity contribution < 1.29 is 25.9 Å². The predicted octanol–water partition coefficient (Wildman–Crippen LogP) is 5.63. The van der Waals surface area contributed by atoms with Gasteiger partial charge in [-0.15, -0.1) is 5.11 Å². The SMILES string of the molecule is Cc1ccc(N=Nc2ccc(N=Nc3ccc(S(=O)(=O)O)cc3)cc2S(=O)(=O)O)c(C)c1. The van der Waals surface area contributed by atoms with Crippen molar-refractivity contribution in [2.45, 2.75) is 23.6 Å². The first kappa shape index (κ1) is 23.3. The van der Waals surface area contributed by atoms with Crippen LogP contribution in [0.2, 0.25) is 0 Å². The summed E-state index contributed by atoms with van der Waals surface area (Å²) in [6.45, 7) is 3.78. The zero-order valence-corrected chi connectivity index (χ0v) is 18.5. The van der Waals surface area contributed by atoms with Crippen LogP contribution in [0.3, 0.4) is 0 Å². The van der Waals surface area contributed by atoms with Crippen LogP contribution < -0.4 is 0 Å². The van der Waals surface area contributed by atoms with Gasteiger partial charge in [-0.05, 0) is 67.9 Å². The van der Waals surface area contributed by atoms with Crippen LogP contribution in [0.15, 0.2) is 90.9 Å². The van der Waals surface area contributed by atoms with E-state index in [4.69, 9.17) is 4.55 Å². The summed E-state index contributed by atoms with van der Waals surface area (Å²) in [4.78, 5) is -0.798. The number of hydrogen-bond acceptors (Lipinski definition) is 8. The van der Waals surface area contributed by atoms with Crippen LogP contribution in [0.25, 0.3) is 0 Å². The van der Waals surface area contributed by atoms with Crippen LogP contribution in [-0.2, 0) is 20.2 Å². The van der Waals surface area contributed by atoms with Gasteiger partial charge in [-0.25, -0.2) is 0 Å². The van der Waals surface area contributed by atoms with Gasteiger partial charge in [0, 0.05) is 0 Å². The molecule has 0 heterocycles. The van der Waals surface area contributed by atoms with Crippen LogP contribution in [0.1, 0.15) is 11.1 Å². The van der Waals surface area contributed by atoms with E-state index in [1.165, 1.54) is 24.3 Å². The third-order valence-electron chi connectivity index (χ3n) is 4.25. The molecule has 0 saturated carbocycles. The lowest BCUT2D eigenvalue weighted by Gasteiger charge is -2.04. The largest absolute Gasteiger partial charge is 0.296 e. The Morgan fingerprint density at radius 1 is 0.625 bits per heavy atom. The lowest BCUT2D eigenvalue weighted by Crippen LogP contribution is -1.98. The average Bonchev–Trinajstić information content (AvgIpc) is 2.71. The van der Waals surface area contributed by atoms with E-state index in [1.807, 2.05) is 26.0 Å². The normalized spacial score (nSPS) is 12.6. The van der Waals surface area contributed by atoms with Crippen LogP contribution >= 0.6 is 0 Å². The topological polar surface area (TPSA) is 158 Å². The van der Waals surface area contributed by atoms with Crippen LogP contribution in [0.5, 0.6) is 0 Å². The molecule has 0 saturated heterocycles. The fourth-order valence-corrected chi connectivity index (χ4v) is 3.80. The Labute approximate surface area is 184 Å². The number of aryl methyl sites for hydroxylation is 2. The molecule has 0 unspecified atom stereocenters. The lowest BCUT2D eigenvalue weighted by atomic mass is 10.1. The second-order valence-electron chi connectivity index (χ2n) is 6.79. The molecule has 0 aromatic heterocycles. The fraction of sp³-hybridized carbons (Fsp3) is 0.100. The zero-order chi connectivity index (χ0) is 23.5. The quantitative estimate of drug-likeness (QED) is 0.348. The lowest BCUT2D eigenvalue weighted by molar-refractivity contribution is 0.481. The first-order valence-electron chi connectivity index (χ1n) is 9.03. The predicted molar refractivity (Wildman–Crippen MR) is 117 cm³/mol. The molecule has 166 valence electrons. The summed E-state index contributed by atoms with van der Waals surface area (Å²) in [5.74, 6) is 0. The van der Waals surface area contributed by atoms with E-state index in [0.29, 0.717) is 5.69 Å². The summed E-state index contributed by atoms with van der Waals surface area (Å²) < 4.78 is 64.4. The maximum Gasteiger partial charge on any atom is 0.296 e. The Balaban J connectivity index is 1.91. The van der Waals surface area contributed by atoms with E-state index in [0.717, 1.165) is 29.3 Å². The summed E-state index contributed by atoms with van der Waals surface area (Å²) in [7, 11) is -8.96. The van der Waals surface area contributed by atoms with Crippen molar-refractivity contribution in [3.05, 3.63) is 71.8 Å².